The van der Waals surface area contributed by atoms with Crippen LogP contribution < -0.4 is 5.32 Å². The molecule has 1 aromatic carbocycles. The van der Waals surface area contributed by atoms with Crippen molar-refractivity contribution in [2.24, 2.45) is 0 Å². The fourth-order valence-corrected chi connectivity index (χ4v) is 5.71. The van der Waals surface area contributed by atoms with Gasteiger partial charge in [0.2, 0.25) is 0 Å². The highest BCUT2D eigenvalue weighted by Gasteiger charge is 2.32. The van der Waals surface area contributed by atoms with Crippen molar-refractivity contribution >= 4 is 15.7 Å². The monoisotopic (exact) mass is 387 g/mol. The Bertz CT molecular complexity index is 941. The van der Waals surface area contributed by atoms with Gasteiger partial charge in [-0.05, 0) is 37.8 Å². The second-order valence-electron chi connectivity index (χ2n) is 7.74. The number of benzene rings is 1. The molecule has 7 heteroatoms. The van der Waals surface area contributed by atoms with Crippen LogP contribution in [0, 0.1) is 6.92 Å². The maximum Gasteiger partial charge on any atom is 0.272 e. The van der Waals surface area contributed by atoms with E-state index in [9.17, 15) is 13.2 Å². The molecule has 1 saturated carbocycles. The number of rotatable bonds is 4. The molecule has 1 amide bonds. The summed E-state index contributed by atoms with van der Waals surface area (Å²) in [4.78, 5) is 12.7. The minimum absolute atomic E-state index is 0.0806. The molecule has 1 aliphatic carbocycles. The summed E-state index contributed by atoms with van der Waals surface area (Å²) >= 11 is 0. The van der Waals surface area contributed by atoms with E-state index in [0.29, 0.717) is 12.1 Å². The molecular formula is C20H25N3O3S. The van der Waals surface area contributed by atoms with Gasteiger partial charge in [0.1, 0.15) is 0 Å². The molecule has 0 spiro atoms. The van der Waals surface area contributed by atoms with E-state index in [1.165, 1.54) is 0 Å². The SMILES string of the molecule is Cc1ccc(-c2cc(C(=O)NC3CCCC3)nn2[C@@H]2CCS(=O)(=O)C2)cc1. The zero-order valence-electron chi connectivity index (χ0n) is 15.5. The van der Waals surface area contributed by atoms with Gasteiger partial charge in [0.15, 0.2) is 15.5 Å². The number of carbonyl (C=O) groups is 1. The molecule has 1 aromatic heterocycles. The number of sulfone groups is 1. The molecule has 0 radical (unpaired) electrons. The van der Waals surface area contributed by atoms with Crippen molar-refractivity contribution in [3.05, 3.63) is 41.6 Å². The van der Waals surface area contributed by atoms with E-state index in [4.69, 9.17) is 0 Å². The Morgan fingerprint density at radius 3 is 2.48 bits per heavy atom. The third kappa shape index (κ3) is 3.93. The van der Waals surface area contributed by atoms with Crippen LogP contribution in [0.25, 0.3) is 11.3 Å². The van der Waals surface area contributed by atoms with Crippen molar-refractivity contribution in [3.63, 3.8) is 0 Å². The van der Waals surface area contributed by atoms with E-state index >= 15 is 0 Å². The summed E-state index contributed by atoms with van der Waals surface area (Å²) in [5, 5.41) is 7.61. The van der Waals surface area contributed by atoms with Gasteiger partial charge in [-0.2, -0.15) is 5.10 Å². The number of aromatic nitrogens is 2. The van der Waals surface area contributed by atoms with Gasteiger partial charge in [0.25, 0.3) is 5.91 Å². The number of aryl methyl sites for hydroxylation is 1. The van der Waals surface area contributed by atoms with Gasteiger partial charge in [-0.1, -0.05) is 42.7 Å². The van der Waals surface area contributed by atoms with Crippen molar-refractivity contribution in [1.29, 1.82) is 0 Å². The summed E-state index contributed by atoms with van der Waals surface area (Å²) in [7, 11) is -3.04. The molecule has 1 N–H and O–H groups in total. The van der Waals surface area contributed by atoms with Crippen LogP contribution in [-0.4, -0.2) is 41.7 Å². The molecule has 2 fully saturated rings. The third-order valence-corrected chi connectivity index (χ3v) is 7.31. The molecule has 1 aliphatic heterocycles. The quantitative estimate of drug-likeness (QED) is 0.875. The van der Waals surface area contributed by atoms with Crippen LogP contribution in [0.4, 0.5) is 0 Å². The number of hydrogen-bond acceptors (Lipinski definition) is 4. The molecule has 27 heavy (non-hydrogen) atoms. The molecule has 1 atom stereocenters. The molecule has 2 heterocycles. The highest BCUT2D eigenvalue weighted by molar-refractivity contribution is 7.91. The maximum absolute atomic E-state index is 12.7. The van der Waals surface area contributed by atoms with Gasteiger partial charge in [-0.3, -0.25) is 9.48 Å². The number of hydrogen-bond donors (Lipinski definition) is 1. The topological polar surface area (TPSA) is 81.1 Å². The lowest BCUT2D eigenvalue weighted by molar-refractivity contribution is 0.0931. The Morgan fingerprint density at radius 2 is 1.85 bits per heavy atom. The van der Waals surface area contributed by atoms with Crippen LogP contribution in [0.15, 0.2) is 30.3 Å². The van der Waals surface area contributed by atoms with Gasteiger partial charge in [-0.25, -0.2) is 8.42 Å². The van der Waals surface area contributed by atoms with E-state index in [1.54, 1.807) is 10.7 Å². The van der Waals surface area contributed by atoms with Crippen molar-refractivity contribution < 1.29 is 13.2 Å². The van der Waals surface area contributed by atoms with Crippen molar-refractivity contribution in [3.8, 4) is 11.3 Å². The van der Waals surface area contributed by atoms with Crippen molar-refractivity contribution in [2.75, 3.05) is 11.5 Å². The summed E-state index contributed by atoms with van der Waals surface area (Å²) in [6.07, 6.45) is 4.85. The van der Waals surface area contributed by atoms with Gasteiger partial charge >= 0.3 is 0 Å². The summed E-state index contributed by atoms with van der Waals surface area (Å²) in [6, 6.07) is 9.79. The highest BCUT2D eigenvalue weighted by Crippen LogP contribution is 2.30. The van der Waals surface area contributed by atoms with E-state index in [-0.39, 0.29) is 29.5 Å². The second kappa shape index (κ2) is 7.11. The Labute approximate surface area is 159 Å². The van der Waals surface area contributed by atoms with Crippen LogP contribution in [-0.2, 0) is 9.84 Å². The van der Waals surface area contributed by atoms with Crippen LogP contribution in [0.5, 0.6) is 0 Å². The Kier molecular flexibility index (Phi) is 4.80. The van der Waals surface area contributed by atoms with E-state index < -0.39 is 9.84 Å². The summed E-state index contributed by atoms with van der Waals surface area (Å²) in [6.45, 7) is 2.02. The normalized spacial score (nSPS) is 22.2. The van der Waals surface area contributed by atoms with Gasteiger partial charge in [-0.15, -0.1) is 0 Å². The first-order chi connectivity index (χ1) is 12.9. The minimum Gasteiger partial charge on any atom is -0.348 e. The molecule has 0 bridgehead atoms. The van der Waals surface area contributed by atoms with E-state index in [2.05, 4.69) is 10.4 Å². The fourth-order valence-electron chi connectivity index (χ4n) is 4.02. The lowest BCUT2D eigenvalue weighted by Crippen LogP contribution is -2.33. The fraction of sp³-hybridized carbons (Fsp3) is 0.500. The molecule has 1 saturated heterocycles. The lowest BCUT2D eigenvalue weighted by atomic mass is 10.1. The summed E-state index contributed by atoms with van der Waals surface area (Å²) in [5.74, 6) is 0.0842. The number of carbonyl (C=O) groups excluding carboxylic acids is 1. The number of nitrogens with one attached hydrogen (secondary N) is 1. The summed E-state index contributed by atoms with van der Waals surface area (Å²) in [5.41, 5.74) is 3.25. The molecule has 6 nitrogen and oxygen atoms in total. The predicted octanol–water partition coefficient (Wildman–Crippen LogP) is 2.89. The molecule has 144 valence electrons. The largest absolute Gasteiger partial charge is 0.348 e. The second-order valence-corrected chi connectivity index (χ2v) is 9.97. The smallest absolute Gasteiger partial charge is 0.272 e. The van der Waals surface area contributed by atoms with Crippen molar-refractivity contribution in [1.82, 2.24) is 15.1 Å². The van der Waals surface area contributed by atoms with Crippen molar-refractivity contribution in [2.45, 2.75) is 51.1 Å². The molecule has 2 aliphatic rings. The third-order valence-electron chi connectivity index (χ3n) is 5.56. The minimum atomic E-state index is -3.04. The van der Waals surface area contributed by atoms with Crippen LogP contribution in [0.3, 0.4) is 0 Å². The summed E-state index contributed by atoms with van der Waals surface area (Å²) < 4.78 is 25.7. The van der Waals surface area contributed by atoms with E-state index in [0.717, 1.165) is 42.5 Å². The molecular weight excluding hydrogens is 362 g/mol. The molecule has 2 aromatic rings. The van der Waals surface area contributed by atoms with Crippen LogP contribution >= 0.6 is 0 Å². The van der Waals surface area contributed by atoms with E-state index in [1.807, 2.05) is 31.2 Å². The molecule has 4 rings (SSSR count). The average Bonchev–Trinajstić information content (AvgIpc) is 3.35. The standard InChI is InChI=1S/C20H25N3O3S/c1-14-6-8-15(9-7-14)19-12-18(20(24)21-16-4-2-3-5-16)22-23(19)17-10-11-27(25,26)13-17/h6-9,12,16-17H,2-5,10-11,13H2,1H3,(H,21,24)/t17-/m1/s1. The first kappa shape index (κ1) is 18.2. The van der Waals surface area contributed by atoms with Crippen LogP contribution in [0.1, 0.15) is 54.2 Å². The van der Waals surface area contributed by atoms with Crippen LogP contribution in [0.2, 0.25) is 0 Å². The average molecular weight is 388 g/mol. The Hall–Kier alpha value is -2.15. The maximum atomic E-state index is 12.7. The lowest BCUT2D eigenvalue weighted by Gasteiger charge is -2.13. The zero-order valence-corrected chi connectivity index (χ0v) is 16.3. The molecule has 0 unspecified atom stereocenters. The van der Waals surface area contributed by atoms with Gasteiger partial charge in [0.05, 0.1) is 23.2 Å². The number of amides is 1. The number of nitrogens with zero attached hydrogens (tertiary/aromatic N) is 2. The predicted molar refractivity (Wildman–Crippen MR) is 104 cm³/mol. The Balaban J connectivity index is 1.68. The first-order valence-corrected chi connectivity index (χ1v) is 11.4. The Morgan fingerprint density at radius 1 is 1.15 bits per heavy atom. The zero-order chi connectivity index (χ0) is 19.0. The first-order valence-electron chi connectivity index (χ1n) is 9.59. The van der Waals surface area contributed by atoms with Gasteiger partial charge < -0.3 is 5.32 Å². The highest BCUT2D eigenvalue weighted by atomic mass is 32.2. The van der Waals surface area contributed by atoms with Gasteiger partial charge in [0, 0.05) is 6.04 Å².